The molecule has 0 aliphatic rings. The van der Waals surface area contributed by atoms with Gasteiger partial charge >= 0.3 is 0 Å². The first-order chi connectivity index (χ1) is 10.6. The molecule has 2 aromatic carbocycles. The monoisotopic (exact) mass is 334 g/mol. The predicted octanol–water partition coefficient (Wildman–Crippen LogP) is 3.61. The van der Waals surface area contributed by atoms with Crippen molar-refractivity contribution in [2.24, 2.45) is 11.7 Å². The highest BCUT2D eigenvalue weighted by Crippen LogP contribution is 2.19. The third-order valence-electron chi connectivity index (χ3n) is 3.62. The minimum atomic E-state index is -0.247. The van der Waals surface area contributed by atoms with Crippen LogP contribution >= 0.6 is 12.4 Å². The Morgan fingerprint density at radius 3 is 2.35 bits per heavy atom. The molecule has 2 rings (SSSR count). The lowest BCUT2D eigenvalue weighted by atomic mass is 10.0. The molecule has 2 unspecified atom stereocenters. The highest BCUT2D eigenvalue weighted by atomic mass is 35.5. The third-order valence-corrected chi connectivity index (χ3v) is 3.62. The number of carbonyl (C=O) groups excluding carboxylic acids is 1. The normalized spacial score (nSPS) is 12.7. The van der Waals surface area contributed by atoms with Crippen molar-refractivity contribution in [3.05, 3.63) is 60.2 Å². The van der Waals surface area contributed by atoms with Crippen LogP contribution in [0.15, 0.2) is 54.6 Å². The molecule has 0 saturated carbocycles. The molecule has 5 heteroatoms. The van der Waals surface area contributed by atoms with E-state index in [1.165, 1.54) is 0 Å². The summed E-state index contributed by atoms with van der Waals surface area (Å²) in [5.41, 5.74) is 7.47. The quantitative estimate of drug-likeness (QED) is 0.848. The summed E-state index contributed by atoms with van der Waals surface area (Å²) in [4.78, 5) is 12.1. The highest BCUT2D eigenvalue weighted by molar-refractivity contribution is 5.93. The first kappa shape index (κ1) is 19.0. The summed E-state index contributed by atoms with van der Waals surface area (Å²) < 4.78 is 5.75. The van der Waals surface area contributed by atoms with Crippen LogP contribution in [0.1, 0.15) is 19.4 Å². The molecule has 3 N–H and O–H groups in total. The van der Waals surface area contributed by atoms with E-state index in [1.807, 2.05) is 68.4 Å². The molecule has 4 nitrogen and oxygen atoms in total. The number of benzene rings is 2. The number of hydrogen-bond donors (Lipinski definition) is 2. The average molecular weight is 335 g/mol. The SMILES string of the molecule is CC(N)C(C)C(=O)Nc1ccccc1COc1ccccc1.Cl. The highest BCUT2D eigenvalue weighted by Gasteiger charge is 2.18. The van der Waals surface area contributed by atoms with Crippen LogP contribution in [-0.2, 0) is 11.4 Å². The van der Waals surface area contributed by atoms with Crippen molar-refractivity contribution < 1.29 is 9.53 Å². The minimum absolute atomic E-state index is 0. The number of anilines is 1. The molecule has 0 aliphatic heterocycles. The van der Waals surface area contributed by atoms with Gasteiger partial charge in [-0.2, -0.15) is 0 Å². The summed E-state index contributed by atoms with van der Waals surface area (Å²) in [6.45, 7) is 4.05. The molecule has 0 saturated heterocycles. The first-order valence-electron chi connectivity index (χ1n) is 7.40. The molecule has 0 aromatic heterocycles. The molecule has 1 amide bonds. The zero-order valence-electron chi connectivity index (χ0n) is 13.4. The van der Waals surface area contributed by atoms with Crippen LogP contribution in [0.25, 0.3) is 0 Å². The van der Waals surface area contributed by atoms with E-state index in [9.17, 15) is 4.79 Å². The summed E-state index contributed by atoms with van der Waals surface area (Å²) in [6.07, 6.45) is 0. The van der Waals surface area contributed by atoms with Crippen molar-refractivity contribution in [1.29, 1.82) is 0 Å². The Balaban J connectivity index is 0.00000264. The average Bonchev–Trinajstić information content (AvgIpc) is 2.54. The number of amides is 1. The fourth-order valence-corrected chi connectivity index (χ4v) is 1.93. The van der Waals surface area contributed by atoms with Crippen molar-refractivity contribution in [2.45, 2.75) is 26.5 Å². The molecule has 0 fully saturated rings. The maximum Gasteiger partial charge on any atom is 0.228 e. The number of hydrogen-bond acceptors (Lipinski definition) is 3. The lowest BCUT2D eigenvalue weighted by molar-refractivity contribution is -0.119. The van der Waals surface area contributed by atoms with Crippen molar-refractivity contribution >= 4 is 24.0 Å². The van der Waals surface area contributed by atoms with Gasteiger partial charge in [0.2, 0.25) is 5.91 Å². The third kappa shape index (κ3) is 5.58. The Labute approximate surface area is 143 Å². The van der Waals surface area contributed by atoms with E-state index in [0.29, 0.717) is 6.61 Å². The molecule has 0 heterocycles. The van der Waals surface area contributed by atoms with Crippen LogP contribution in [-0.4, -0.2) is 11.9 Å². The smallest absolute Gasteiger partial charge is 0.228 e. The molecule has 0 aliphatic carbocycles. The van der Waals surface area contributed by atoms with Crippen molar-refractivity contribution in [1.82, 2.24) is 0 Å². The molecular weight excluding hydrogens is 312 g/mol. The fraction of sp³-hybridized carbons (Fsp3) is 0.278. The second kappa shape index (κ2) is 9.18. The number of nitrogens with two attached hydrogens (primary N) is 1. The standard InChI is InChI=1S/C18H22N2O2.ClH/c1-13(14(2)19)18(21)20-17-11-7-6-8-15(17)12-22-16-9-4-3-5-10-16;/h3-11,13-14H,12,19H2,1-2H3,(H,20,21);1H. The van der Waals surface area contributed by atoms with Gasteiger partial charge in [-0.3, -0.25) is 4.79 Å². The molecule has 23 heavy (non-hydrogen) atoms. The van der Waals surface area contributed by atoms with E-state index in [0.717, 1.165) is 17.0 Å². The van der Waals surface area contributed by atoms with Crippen LogP contribution in [0.2, 0.25) is 0 Å². The summed E-state index contributed by atoms with van der Waals surface area (Å²) >= 11 is 0. The van der Waals surface area contributed by atoms with Crippen LogP contribution in [0.4, 0.5) is 5.69 Å². The van der Waals surface area contributed by atoms with Gasteiger partial charge in [-0.1, -0.05) is 43.3 Å². The zero-order chi connectivity index (χ0) is 15.9. The van der Waals surface area contributed by atoms with Gasteiger partial charge in [0.15, 0.2) is 0 Å². The van der Waals surface area contributed by atoms with E-state index >= 15 is 0 Å². The van der Waals surface area contributed by atoms with E-state index in [1.54, 1.807) is 0 Å². The van der Waals surface area contributed by atoms with Crippen LogP contribution in [0, 0.1) is 5.92 Å². The number of ether oxygens (including phenoxy) is 1. The Morgan fingerprint density at radius 2 is 1.70 bits per heavy atom. The summed E-state index contributed by atoms with van der Waals surface area (Å²) in [5.74, 6) is 0.470. The Kier molecular flexibility index (Phi) is 7.59. The summed E-state index contributed by atoms with van der Waals surface area (Å²) in [5, 5.41) is 2.93. The van der Waals surface area contributed by atoms with Crippen LogP contribution in [0.5, 0.6) is 5.75 Å². The van der Waals surface area contributed by atoms with E-state index in [2.05, 4.69) is 5.32 Å². The lowest BCUT2D eigenvalue weighted by Crippen LogP contribution is -2.34. The lowest BCUT2D eigenvalue weighted by Gasteiger charge is -2.17. The van der Waals surface area contributed by atoms with Crippen molar-refractivity contribution in [3.63, 3.8) is 0 Å². The largest absolute Gasteiger partial charge is 0.489 e. The summed E-state index contributed by atoms with van der Waals surface area (Å²) in [7, 11) is 0. The second-order valence-electron chi connectivity index (χ2n) is 5.40. The molecule has 0 radical (unpaired) electrons. The number of rotatable bonds is 6. The number of nitrogens with one attached hydrogen (secondary N) is 1. The van der Waals surface area contributed by atoms with Crippen molar-refractivity contribution in [2.75, 3.05) is 5.32 Å². The van der Waals surface area contributed by atoms with E-state index < -0.39 is 0 Å². The minimum Gasteiger partial charge on any atom is -0.489 e. The maximum absolute atomic E-state index is 12.1. The number of para-hydroxylation sites is 2. The van der Waals surface area contributed by atoms with Gasteiger partial charge < -0.3 is 15.8 Å². The Bertz CT molecular complexity index is 617. The number of halogens is 1. The van der Waals surface area contributed by atoms with Gasteiger partial charge in [0, 0.05) is 17.3 Å². The molecule has 2 atom stereocenters. The molecule has 0 bridgehead atoms. The van der Waals surface area contributed by atoms with E-state index in [4.69, 9.17) is 10.5 Å². The van der Waals surface area contributed by atoms with Gasteiger partial charge in [-0.05, 0) is 25.1 Å². The van der Waals surface area contributed by atoms with Crippen molar-refractivity contribution in [3.8, 4) is 5.75 Å². The number of carbonyl (C=O) groups is 1. The van der Waals surface area contributed by atoms with Crippen LogP contribution in [0.3, 0.4) is 0 Å². The molecule has 2 aromatic rings. The predicted molar refractivity (Wildman–Crippen MR) is 95.9 cm³/mol. The molecule has 124 valence electrons. The topological polar surface area (TPSA) is 64.4 Å². The van der Waals surface area contributed by atoms with Gasteiger partial charge in [-0.15, -0.1) is 12.4 Å². The zero-order valence-corrected chi connectivity index (χ0v) is 14.2. The summed E-state index contributed by atoms with van der Waals surface area (Å²) in [6, 6.07) is 17.0. The van der Waals surface area contributed by atoms with E-state index in [-0.39, 0.29) is 30.3 Å². The van der Waals surface area contributed by atoms with Gasteiger partial charge in [0.25, 0.3) is 0 Å². The Hall–Kier alpha value is -2.04. The second-order valence-corrected chi connectivity index (χ2v) is 5.40. The van der Waals surface area contributed by atoms with Gasteiger partial charge in [0.05, 0.1) is 5.92 Å². The first-order valence-corrected chi connectivity index (χ1v) is 7.40. The fourth-order valence-electron chi connectivity index (χ4n) is 1.93. The van der Waals surface area contributed by atoms with Crippen LogP contribution < -0.4 is 15.8 Å². The maximum atomic E-state index is 12.1. The van der Waals surface area contributed by atoms with Gasteiger partial charge in [-0.25, -0.2) is 0 Å². The molecular formula is C18H23ClN2O2. The Morgan fingerprint density at radius 1 is 1.09 bits per heavy atom. The van der Waals surface area contributed by atoms with Gasteiger partial charge in [0.1, 0.15) is 12.4 Å². The molecule has 0 spiro atoms.